The third-order valence-electron chi connectivity index (χ3n) is 4.44. The Morgan fingerprint density at radius 1 is 1.04 bits per heavy atom. The molecule has 0 heterocycles. The van der Waals surface area contributed by atoms with Crippen molar-refractivity contribution in [3.05, 3.63) is 58.7 Å². The molecule has 0 fully saturated rings. The SMILES string of the molecule is Cc1ccc(C(=O)Nc2cccc3c2CCCC3)cc1NS(C)(=O)=O. The Morgan fingerprint density at radius 2 is 1.80 bits per heavy atom. The van der Waals surface area contributed by atoms with Crippen molar-refractivity contribution >= 4 is 27.3 Å². The quantitative estimate of drug-likeness (QED) is 0.878. The topological polar surface area (TPSA) is 75.3 Å². The van der Waals surface area contributed by atoms with Crippen molar-refractivity contribution in [2.45, 2.75) is 32.6 Å². The van der Waals surface area contributed by atoms with E-state index in [1.165, 1.54) is 17.5 Å². The molecule has 132 valence electrons. The summed E-state index contributed by atoms with van der Waals surface area (Å²) in [5, 5.41) is 2.98. The van der Waals surface area contributed by atoms with Crippen LogP contribution in [-0.2, 0) is 22.9 Å². The number of carbonyl (C=O) groups is 1. The van der Waals surface area contributed by atoms with E-state index in [9.17, 15) is 13.2 Å². The first-order valence-corrected chi connectivity index (χ1v) is 10.2. The number of hydrogen-bond donors (Lipinski definition) is 2. The number of rotatable bonds is 4. The second-order valence-electron chi connectivity index (χ2n) is 6.51. The Kier molecular flexibility index (Phi) is 4.81. The van der Waals surface area contributed by atoms with Crippen molar-refractivity contribution < 1.29 is 13.2 Å². The summed E-state index contributed by atoms with van der Waals surface area (Å²) in [6, 6.07) is 11.0. The molecule has 0 aliphatic heterocycles. The first kappa shape index (κ1) is 17.5. The molecule has 0 saturated heterocycles. The maximum absolute atomic E-state index is 12.6. The van der Waals surface area contributed by atoms with Gasteiger partial charge in [-0.3, -0.25) is 9.52 Å². The Labute approximate surface area is 148 Å². The minimum absolute atomic E-state index is 0.240. The van der Waals surface area contributed by atoms with Crippen LogP contribution in [0.5, 0.6) is 0 Å². The zero-order valence-electron chi connectivity index (χ0n) is 14.4. The van der Waals surface area contributed by atoms with Gasteiger partial charge in [0, 0.05) is 11.3 Å². The van der Waals surface area contributed by atoms with Crippen molar-refractivity contribution in [3.63, 3.8) is 0 Å². The maximum atomic E-state index is 12.6. The van der Waals surface area contributed by atoms with Gasteiger partial charge in [0.15, 0.2) is 0 Å². The number of fused-ring (bicyclic) bond motifs is 1. The van der Waals surface area contributed by atoms with E-state index < -0.39 is 10.0 Å². The van der Waals surface area contributed by atoms with Gasteiger partial charge < -0.3 is 5.32 Å². The van der Waals surface area contributed by atoms with Crippen LogP contribution in [0.4, 0.5) is 11.4 Å². The van der Waals surface area contributed by atoms with Crippen molar-refractivity contribution in [3.8, 4) is 0 Å². The van der Waals surface area contributed by atoms with Gasteiger partial charge in [-0.2, -0.15) is 0 Å². The normalized spacial score (nSPS) is 13.8. The molecular formula is C19H22N2O3S. The summed E-state index contributed by atoms with van der Waals surface area (Å²) >= 11 is 0. The van der Waals surface area contributed by atoms with E-state index in [4.69, 9.17) is 0 Å². The molecule has 1 aliphatic rings. The average Bonchev–Trinajstić information content (AvgIpc) is 2.56. The summed E-state index contributed by atoms with van der Waals surface area (Å²) in [5.41, 5.74) is 4.96. The summed E-state index contributed by atoms with van der Waals surface area (Å²) in [6.07, 6.45) is 5.43. The average molecular weight is 358 g/mol. The van der Waals surface area contributed by atoms with E-state index in [1.54, 1.807) is 25.1 Å². The lowest BCUT2D eigenvalue weighted by Crippen LogP contribution is -2.16. The Balaban J connectivity index is 1.86. The highest BCUT2D eigenvalue weighted by Gasteiger charge is 2.16. The highest BCUT2D eigenvalue weighted by Crippen LogP contribution is 2.28. The van der Waals surface area contributed by atoms with Gasteiger partial charge >= 0.3 is 0 Å². The monoisotopic (exact) mass is 358 g/mol. The van der Waals surface area contributed by atoms with Gasteiger partial charge in [0.1, 0.15) is 0 Å². The lowest BCUT2D eigenvalue weighted by Gasteiger charge is -2.19. The summed E-state index contributed by atoms with van der Waals surface area (Å²) < 4.78 is 25.4. The number of amides is 1. The largest absolute Gasteiger partial charge is 0.322 e. The molecule has 0 bridgehead atoms. The summed E-state index contributed by atoms with van der Waals surface area (Å²) in [6.45, 7) is 1.79. The molecule has 2 aromatic carbocycles. The van der Waals surface area contributed by atoms with Crippen LogP contribution >= 0.6 is 0 Å². The van der Waals surface area contributed by atoms with Gasteiger partial charge in [-0.1, -0.05) is 18.2 Å². The summed E-state index contributed by atoms with van der Waals surface area (Å²) in [4.78, 5) is 12.6. The molecular weight excluding hydrogens is 336 g/mol. The molecule has 6 heteroatoms. The second-order valence-corrected chi connectivity index (χ2v) is 8.26. The molecule has 0 aromatic heterocycles. The van der Waals surface area contributed by atoms with E-state index >= 15 is 0 Å². The third kappa shape index (κ3) is 4.20. The van der Waals surface area contributed by atoms with Gasteiger partial charge in [-0.25, -0.2) is 8.42 Å². The van der Waals surface area contributed by atoms with Crippen molar-refractivity contribution in [1.29, 1.82) is 0 Å². The molecule has 0 radical (unpaired) electrons. The van der Waals surface area contributed by atoms with Crippen LogP contribution in [0.1, 0.15) is 39.9 Å². The molecule has 1 amide bonds. The fraction of sp³-hybridized carbons (Fsp3) is 0.316. The van der Waals surface area contributed by atoms with Crippen LogP contribution < -0.4 is 10.0 Å². The zero-order valence-corrected chi connectivity index (χ0v) is 15.2. The number of sulfonamides is 1. The maximum Gasteiger partial charge on any atom is 0.255 e. The van der Waals surface area contributed by atoms with Gasteiger partial charge in [-0.15, -0.1) is 0 Å². The van der Waals surface area contributed by atoms with Crippen molar-refractivity contribution in [1.82, 2.24) is 0 Å². The first-order valence-electron chi connectivity index (χ1n) is 8.34. The highest BCUT2D eigenvalue weighted by atomic mass is 32.2. The van der Waals surface area contributed by atoms with E-state index in [2.05, 4.69) is 16.1 Å². The van der Waals surface area contributed by atoms with E-state index in [-0.39, 0.29) is 5.91 Å². The number of aryl methyl sites for hydroxylation is 2. The molecule has 0 spiro atoms. The van der Waals surface area contributed by atoms with Crippen LogP contribution in [0.2, 0.25) is 0 Å². The van der Waals surface area contributed by atoms with Crippen LogP contribution in [0.15, 0.2) is 36.4 Å². The smallest absolute Gasteiger partial charge is 0.255 e. The van der Waals surface area contributed by atoms with Gasteiger partial charge in [-0.05, 0) is 67.5 Å². The number of anilines is 2. The molecule has 25 heavy (non-hydrogen) atoms. The lowest BCUT2D eigenvalue weighted by atomic mass is 9.90. The van der Waals surface area contributed by atoms with Crippen LogP contribution in [0, 0.1) is 6.92 Å². The van der Waals surface area contributed by atoms with E-state index in [0.29, 0.717) is 11.3 Å². The molecule has 3 rings (SSSR count). The number of hydrogen-bond acceptors (Lipinski definition) is 3. The summed E-state index contributed by atoms with van der Waals surface area (Å²) in [5.74, 6) is -0.240. The van der Waals surface area contributed by atoms with Crippen molar-refractivity contribution in [2.24, 2.45) is 0 Å². The molecule has 2 N–H and O–H groups in total. The fourth-order valence-electron chi connectivity index (χ4n) is 3.17. The first-order chi connectivity index (χ1) is 11.8. The van der Waals surface area contributed by atoms with Crippen LogP contribution in [0.25, 0.3) is 0 Å². The number of benzene rings is 2. The Morgan fingerprint density at radius 3 is 2.56 bits per heavy atom. The Bertz CT molecular complexity index is 920. The molecule has 5 nitrogen and oxygen atoms in total. The molecule has 0 unspecified atom stereocenters. The minimum atomic E-state index is -3.39. The number of nitrogens with one attached hydrogen (secondary N) is 2. The van der Waals surface area contributed by atoms with E-state index in [1.807, 2.05) is 12.1 Å². The molecule has 0 saturated carbocycles. The Hall–Kier alpha value is -2.34. The van der Waals surface area contributed by atoms with E-state index in [0.717, 1.165) is 36.8 Å². The molecule has 0 atom stereocenters. The molecule has 2 aromatic rings. The summed E-state index contributed by atoms with van der Waals surface area (Å²) in [7, 11) is -3.39. The zero-order chi connectivity index (χ0) is 18.0. The van der Waals surface area contributed by atoms with Gasteiger partial charge in [0.05, 0.1) is 11.9 Å². The van der Waals surface area contributed by atoms with Crippen LogP contribution in [-0.4, -0.2) is 20.6 Å². The highest BCUT2D eigenvalue weighted by molar-refractivity contribution is 7.92. The van der Waals surface area contributed by atoms with Crippen LogP contribution in [0.3, 0.4) is 0 Å². The predicted molar refractivity (Wildman–Crippen MR) is 101 cm³/mol. The minimum Gasteiger partial charge on any atom is -0.322 e. The molecule has 1 aliphatic carbocycles. The predicted octanol–water partition coefficient (Wildman–Crippen LogP) is 3.50. The fourth-order valence-corrected chi connectivity index (χ4v) is 3.79. The second kappa shape index (κ2) is 6.88. The number of carbonyl (C=O) groups excluding carboxylic acids is 1. The van der Waals surface area contributed by atoms with Crippen molar-refractivity contribution in [2.75, 3.05) is 16.3 Å². The standard InChI is InChI=1S/C19H22N2O3S/c1-13-10-11-15(12-18(13)21-25(2,23)24)19(22)20-17-9-5-7-14-6-3-4-8-16(14)17/h5,7,9-12,21H,3-4,6,8H2,1-2H3,(H,20,22). The third-order valence-corrected chi connectivity index (χ3v) is 5.03. The van der Waals surface area contributed by atoms with Gasteiger partial charge in [0.25, 0.3) is 5.91 Å². The van der Waals surface area contributed by atoms with Gasteiger partial charge in [0.2, 0.25) is 10.0 Å². The lowest BCUT2D eigenvalue weighted by molar-refractivity contribution is 0.102.